The van der Waals surface area contributed by atoms with Crippen molar-refractivity contribution in [2.75, 3.05) is 0 Å². The number of aromatic hydroxyl groups is 1. The van der Waals surface area contributed by atoms with Crippen LogP contribution in [0.3, 0.4) is 0 Å². The van der Waals surface area contributed by atoms with Crippen molar-refractivity contribution in [2.24, 2.45) is 7.05 Å². The molecule has 0 aliphatic heterocycles. The van der Waals surface area contributed by atoms with E-state index in [4.69, 9.17) is 0 Å². The molecule has 17 heavy (non-hydrogen) atoms. The normalized spacial score (nSPS) is 10.5. The summed E-state index contributed by atoms with van der Waals surface area (Å²) >= 11 is 0. The van der Waals surface area contributed by atoms with Crippen LogP contribution in [-0.4, -0.2) is 19.8 Å². The van der Waals surface area contributed by atoms with Crippen LogP contribution >= 0.6 is 0 Å². The minimum atomic E-state index is -0.752. The summed E-state index contributed by atoms with van der Waals surface area (Å²) in [5.74, 6) is -0.866. The first-order valence-corrected chi connectivity index (χ1v) is 4.66. The maximum absolute atomic E-state index is 13.6. The molecule has 1 N–H and O–H groups in total. The quantitative estimate of drug-likeness (QED) is 0.638. The molecule has 88 valence electrons. The second-order valence-corrected chi connectivity index (χ2v) is 3.43. The van der Waals surface area contributed by atoms with Crippen LogP contribution in [0.1, 0.15) is 0 Å². The zero-order valence-corrected chi connectivity index (χ0v) is 8.79. The predicted octanol–water partition coefficient (Wildman–Crippen LogP) is 1.84. The molecule has 0 saturated carbocycles. The molecule has 1 aromatic carbocycles. The molecular formula is C10H8FN3O3. The SMILES string of the molecule is Cn1nc(-c2ccc([N+](=O)[O-])cc2F)cc1O. The van der Waals surface area contributed by atoms with Gasteiger partial charge in [0.05, 0.1) is 16.7 Å². The number of hydrogen-bond acceptors (Lipinski definition) is 4. The summed E-state index contributed by atoms with van der Waals surface area (Å²) < 4.78 is 14.8. The zero-order valence-electron chi connectivity index (χ0n) is 8.79. The number of hydrogen-bond donors (Lipinski definition) is 1. The van der Waals surface area contributed by atoms with Crippen LogP contribution < -0.4 is 0 Å². The van der Waals surface area contributed by atoms with E-state index in [1.165, 1.54) is 29.9 Å². The summed E-state index contributed by atoms with van der Waals surface area (Å²) in [6.07, 6.45) is 0. The van der Waals surface area contributed by atoms with E-state index in [-0.39, 0.29) is 22.8 Å². The largest absolute Gasteiger partial charge is 0.493 e. The lowest BCUT2D eigenvalue weighted by atomic mass is 10.1. The monoisotopic (exact) mass is 237 g/mol. The van der Waals surface area contributed by atoms with Crippen molar-refractivity contribution >= 4 is 5.69 Å². The van der Waals surface area contributed by atoms with Crippen molar-refractivity contribution in [1.29, 1.82) is 0 Å². The lowest BCUT2D eigenvalue weighted by Gasteiger charge is -1.98. The highest BCUT2D eigenvalue weighted by Gasteiger charge is 2.14. The summed E-state index contributed by atoms with van der Waals surface area (Å²) in [5, 5.41) is 23.6. The fourth-order valence-corrected chi connectivity index (χ4v) is 1.41. The van der Waals surface area contributed by atoms with Crippen LogP contribution in [0.4, 0.5) is 10.1 Å². The third-order valence-electron chi connectivity index (χ3n) is 2.29. The van der Waals surface area contributed by atoms with Gasteiger partial charge in [0.25, 0.3) is 5.69 Å². The number of benzene rings is 1. The maximum Gasteiger partial charge on any atom is 0.272 e. The fraction of sp³-hybridized carbons (Fsp3) is 0.100. The second kappa shape index (κ2) is 3.85. The number of aromatic nitrogens is 2. The Hall–Kier alpha value is -2.44. The molecule has 0 amide bonds. The van der Waals surface area contributed by atoms with Crippen LogP contribution in [0.25, 0.3) is 11.3 Å². The number of aryl methyl sites for hydroxylation is 1. The van der Waals surface area contributed by atoms with Crippen molar-refractivity contribution < 1.29 is 14.4 Å². The van der Waals surface area contributed by atoms with E-state index in [0.29, 0.717) is 0 Å². The number of nitro benzene ring substituents is 1. The van der Waals surface area contributed by atoms with Gasteiger partial charge in [-0.25, -0.2) is 9.07 Å². The standard InChI is InChI=1S/C10H8FN3O3/c1-13-10(15)5-9(12-13)7-3-2-6(14(16)17)4-8(7)11/h2-5,15H,1H3. The van der Waals surface area contributed by atoms with E-state index in [1.54, 1.807) is 0 Å². The molecule has 2 aromatic rings. The third-order valence-corrected chi connectivity index (χ3v) is 2.29. The number of rotatable bonds is 2. The average molecular weight is 237 g/mol. The van der Waals surface area contributed by atoms with E-state index in [0.717, 1.165) is 6.07 Å². The molecule has 1 heterocycles. The van der Waals surface area contributed by atoms with E-state index in [2.05, 4.69) is 5.10 Å². The molecule has 1 aromatic heterocycles. The summed E-state index contributed by atoms with van der Waals surface area (Å²) in [5.41, 5.74) is -0.00435. The van der Waals surface area contributed by atoms with Gasteiger partial charge < -0.3 is 5.11 Å². The van der Waals surface area contributed by atoms with Crippen LogP contribution in [0, 0.1) is 15.9 Å². The van der Waals surface area contributed by atoms with Gasteiger partial charge in [0.15, 0.2) is 0 Å². The van der Waals surface area contributed by atoms with Crippen LogP contribution in [0.2, 0.25) is 0 Å². The first-order chi connectivity index (χ1) is 7.99. The van der Waals surface area contributed by atoms with E-state index >= 15 is 0 Å². The van der Waals surface area contributed by atoms with Gasteiger partial charge in [0.1, 0.15) is 5.82 Å². The topological polar surface area (TPSA) is 81.2 Å². The third kappa shape index (κ3) is 1.94. The van der Waals surface area contributed by atoms with E-state index in [1.807, 2.05) is 0 Å². The van der Waals surface area contributed by atoms with Crippen LogP contribution in [0.5, 0.6) is 5.88 Å². The molecular weight excluding hydrogens is 229 g/mol. The van der Waals surface area contributed by atoms with Gasteiger partial charge in [-0.15, -0.1) is 0 Å². The summed E-state index contributed by atoms with van der Waals surface area (Å²) in [7, 11) is 1.50. The van der Waals surface area contributed by atoms with Gasteiger partial charge >= 0.3 is 0 Å². The highest BCUT2D eigenvalue weighted by molar-refractivity contribution is 5.62. The van der Waals surface area contributed by atoms with Crippen molar-refractivity contribution in [3.8, 4) is 17.1 Å². The smallest absolute Gasteiger partial charge is 0.272 e. The molecule has 0 bridgehead atoms. The lowest BCUT2D eigenvalue weighted by Crippen LogP contribution is -1.93. The average Bonchev–Trinajstić information content (AvgIpc) is 2.58. The highest BCUT2D eigenvalue weighted by Crippen LogP contribution is 2.27. The van der Waals surface area contributed by atoms with Gasteiger partial charge in [-0.05, 0) is 6.07 Å². The Balaban J connectivity index is 2.50. The Labute approximate surface area is 95.1 Å². The van der Waals surface area contributed by atoms with Crippen molar-refractivity contribution in [1.82, 2.24) is 9.78 Å². The predicted molar refractivity (Wildman–Crippen MR) is 56.9 cm³/mol. The molecule has 2 rings (SSSR count). The van der Waals surface area contributed by atoms with Gasteiger partial charge in [0, 0.05) is 24.7 Å². The molecule has 6 nitrogen and oxygen atoms in total. The first kappa shape index (κ1) is 11.1. The summed E-state index contributed by atoms with van der Waals surface area (Å²) in [4.78, 5) is 9.76. The minimum Gasteiger partial charge on any atom is -0.493 e. The molecule has 0 fully saturated rings. The molecule has 0 radical (unpaired) electrons. The van der Waals surface area contributed by atoms with Gasteiger partial charge in [-0.2, -0.15) is 5.10 Å². The van der Waals surface area contributed by atoms with Crippen molar-refractivity contribution in [3.63, 3.8) is 0 Å². The van der Waals surface area contributed by atoms with Crippen LogP contribution in [-0.2, 0) is 7.05 Å². The van der Waals surface area contributed by atoms with Gasteiger partial charge in [-0.1, -0.05) is 0 Å². The molecule has 0 aliphatic carbocycles. The number of nitrogens with zero attached hydrogens (tertiary/aromatic N) is 3. The van der Waals surface area contributed by atoms with Gasteiger partial charge in [0.2, 0.25) is 5.88 Å². The maximum atomic E-state index is 13.6. The summed E-state index contributed by atoms with van der Waals surface area (Å²) in [6.45, 7) is 0. The Bertz CT molecular complexity index is 575. The Morgan fingerprint density at radius 1 is 1.47 bits per heavy atom. The molecule has 0 saturated heterocycles. The van der Waals surface area contributed by atoms with Crippen LogP contribution in [0.15, 0.2) is 24.3 Å². The van der Waals surface area contributed by atoms with Crippen molar-refractivity contribution in [2.45, 2.75) is 0 Å². The van der Waals surface area contributed by atoms with Crippen molar-refractivity contribution in [3.05, 3.63) is 40.2 Å². The molecule has 0 spiro atoms. The second-order valence-electron chi connectivity index (χ2n) is 3.43. The molecule has 0 atom stereocenters. The Morgan fingerprint density at radius 2 is 2.18 bits per heavy atom. The van der Waals surface area contributed by atoms with E-state index < -0.39 is 10.7 Å². The Morgan fingerprint density at radius 3 is 2.65 bits per heavy atom. The molecule has 7 heteroatoms. The highest BCUT2D eigenvalue weighted by atomic mass is 19.1. The summed E-state index contributed by atoms with van der Waals surface area (Å²) in [6, 6.07) is 4.55. The molecule has 0 unspecified atom stereocenters. The Kier molecular flexibility index (Phi) is 2.51. The molecule has 0 aliphatic rings. The zero-order chi connectivity index (χ0) is 12.6. The van der Waals surface area contributed by atoms with E-state index in [9.17, 15) is 19.6 Å². The fourth-order valence-electron chi connectivity index (χ4n) is 1.41. The first-order valence-electron chi connectivity index (χ1n) is 4.66. The lowest BCUT2D eigenvalue weighted by molar-refractivity contribution is -0.385. The number of halogens is 1. The number of non-ortho nitro benzene ring substituents is 1. The van der Waals surface area contributed by atoms with Gasteiger partial charge in [-0.3, -0.25) is 10.1 Å². The number of nitro groups is 1. The minimum absolute atomic E-state index is 0.103.